The van der Waals surface area contributed by atoms with E-state index in [0.29, 0.717) is 6.61 Å². The molecule has 0 bridgehead atoms. The highest BCUT2D eigenvalue weighted by Crippen LogP contribution is 2.28. The van der Waals surface area contributed by atoms with Crippen LogP contribution in [0, 0.1) is 0 Å². The van der Waals surface area contributed by atoms with Crippen LogP contribution < -0.4 is 14.8 Å². The van der Waals surface area contributed by atoms with Gasteiger partial charge in [0, 0.05) is 18.8 Å². The third kappa shape index (κ3) is 4.20. The summed E-state index contributed by atoms with van der Waals surface area (Å²) in [5.41, 5.74) is 2.19. The molecule has 1 aromatic carbocycles. The van der Waals surface area contributed by atoms with Crippen molar-refractivity contribution in [3.05, 3.63) is 53.9 Å². The smallest absolute Gasteiger partial charge is 0.161 e. The Morgan fingerprint density at radius 3 is 2.71 bits per heavy atom. The van der Waals surface area contributed by atoms with Crippen molar-refractivity contribution in [1.82, 2.24) is 10.3 Å². The summed E-state index contributed by atoms with van der Waals surface area (Å²) in [5.74, 6) is 1.54. The number of aromatic nitrogens is 1. The molecular weight excluding hydrogens is 264 g/mol. The SMILES string of the molecule is CCOc1ccc(CNC(C)c2ccccn2)cc1OC. The number of hydrogen-bond acceptors (Lipinski definition) is 4. The van der Waals surface area contributed by atoms with Gasteiger partial charge in [0.05, 0.1) is 19.4 Å². The standard InChI is InChI=1S/C17H22N2O2/c1-4-21-16-9-8-14(11-17(16)20-3)12-19-13(2)15-7-5-6-10-18-15/h5-11,13,19H,4,12H2,1-3H3. The summed E-state index contributed by atoms with van der Waals surface area (Å²) in [6.07, 6.45) is 1.81. The number of ether oxygens (including phenoxy) is 2. The first kappa shape index (κ1) is 15.3. The third-order valence-electron chi connectivity index (χ3n) is 3.27. The largest absolute Gasteiger partial charge is 0.493 e. The summed E-state index contributed by atoms with van der Waals surface area (Å²) in [5, 5.41) is 3.46. The Bertz CT molecular complexity index is 558. The highest BCUT2D eigenvalue weighted by atomic mass is 16.5. The molecule has 4 nitrogen and oxygen atoms in total. The zero-order valence-electron chi connectivity index (χ0n) is 12.8. The molecule has 1 heterocycles. The Hall–Kier alpha value is -2.07. The van der Waals surface area contributed by atoms with Crippen molar-refractivity contribution in [3.63, 3.8) is 0 Å². The van der Waals surface area contributed by atoms with Crippen molar-refractivity contribution in [1.29, 1.82) is 0 Å². The molecule has 1 N–H and O–H groups in total. The molecule has 0 aliphatic rings. The molecule has 0 fully saturated rings. The molecule has 0 aliphatic heterocycles. The zero-order chi connectivity index (χ0) is 15.1. The highest BCUT2D eigenvalue weighted by Gasteiger charge is 2.08. The molecule has 2 aromatic rings. The Labute approximate surface area is 126 Å². The van der Waals surface area contributed by atoms with Gasteiger partial charge in [-0.1, -0.05) is 12.1 Å². The molecule has 21 heavy (non-hydrogen) atoms. The summed E-state index contributed by atoms with van der Waals surface area (Å²) >= 11 is 0. The first-order chi connectivity index (χ1) is 10.2. The van der Waals surface area contributed by atoms with Crippen molar-refractivity contribution >= 4 is 0 Å². The van der Waals surface area contributed by atoms with Gasteiger partial charge < -0.3 is 14.8 Å². The third-order valence-corrected chi connectivity index (χ3v) is 3.27. The minimum Gasteiger partial charge on any atom is -0.493 e. The van der Waals surface area contributed by atoms with Crippen LogP contribution in [0.25, 0.3) is 0 Å². The van der Waals surface area contributed by atoms with E-state index in [4.69, 9.17) is 9.47 Å². The maximum Gasteiger partial charge on any atom is 0.161 e. The molecule has 0 spiro atoms. The molecule has 2 rings (SSSR count). The van der Waals surface area contributed by atoms with Crippen LogP contribution in [-0.2, 0) is 6.54 Å². The van der Waals surface area contributed by atoms with E-state index in [1.165, 1.54) is 0 Å². The minimum atomic E-state index is 0.198. The molecule has 0 radical (unpaired) electrons. The molecule has 1 unspecified atom stereocenters. The quantitative estimate of drug-likeness (QED) is 0.847. The lowest BCUT2D eigenvalue weighted by Crippen LogP contribution is -2.19. The van der Waals surface area contributed by atoms with E-state index in [2.05, 4.69) is 17.2 Å². The highest BCUT2D eigenvalue weighted by molar-refractivity contribution is 5.42. The van der Waals surface area contributed by atoms with Gasteiger partial charge in [0.25, 0.3) is 0 Å². The van der Waals surface area contributed by atoms with E-state index >= 15 is 0 Å². The van der Waals surface area contributed by atoms with Gasteiger partial charge in [-0.2, -0.15) is 0 Å². The summed E-state index contributed by atoms with van der Waals surface area (Å²) in [6, 6.07) is 12.1. The normalized spacial score (nSPS) is 12.0. The van der Waals surface area contributed by atoms with Gasteiger partial charge in [0.1, 0.15) is 0 Å². The summed E-state index contributed by atoms with van der Waals surface area (Å²) in [6.45, 7) is 5.45. The van der Waals surface area contributed by atoms with Crippen LogP contribution in [0.4, 0.5) is 0 Å². The maximum absolute atomic E-state index is 5.52. The van der Waals surface area contributed by atoms with Gasteiger partial charge in [-0.05, 0) is 43.7 Å². The van der Waals surface area contributed by atoms with Crippen LogP contribution in [0.2, 0.25) is 0 Å². The van der Waals surface area contributed by atoms with Crippen LogP contribution in [0.1, 0.15) is 31.1 Å². The second-order valence-corrected chi connectivity index (χ2v) is 4.78. The van der Waals surface area contributed by atoms with Crippen LogP contribution in [-0.4, -0.2) is 18.7 Å². The van der Waals surface area contributed by atoms with Gasteiger partial charge in [-0.25, -0.2) is 0 Å². The first-order valence-corrected chi connectivity index (χ1v) is 7.18. The number of nitrogens with one attached hydrogen (secondary N) is 1. The molecule has 0 aliphatic carbocycles. The number of pyridine rings is 1. The van der Waals surface area contributed by atoms with E-state index in [1.807, 2.05) is 49.5 Å². The fraction of sp³-hybridized carbons (Fsp3) is 0.353. The van der Waals surface area contributed by atoms with Crippen molar-refractivity contribution in [2.75, 3.05) is 13.7 Å². The summed E-state index contributed by atoms with van der Waals surface area (Å²) in [4.78, 5) is 4.36. The van der Waals surface area contributed by atoms with E-state index in [1.54, 1.807) is 7.11 Å². The van der Waals surface area contributed by atoms with Crippen LogP contribution in [0.3, 0.4) is 0 Å². The lowest BCUT2D eigenvalue weighted by Gasteiger charge is -2.15. The summed E-state index contributed by atoms with van der Waals surface area (Å²) in [7, 11) is 1.66. The lowest BCUT2D eigenvalue weighted by atomic mass is 10.1. The average molecular weight is 286 g/mol. The fourth-order valence-corrected chi connectivity index (χ4v) is 2.10. The summed E-state index contributed by atoms with van der Waals surface area (Å²) < 4.78 is 10.9. The zero-order valence-corrected chi connectivity index (χ0v) is 12.8. The van der Waals surface area contributed by atoms with E-state index in [0.717, 1.165) is 29.3 Å². The fourth-order valence-electron chi connectivity index (χ4n) is 2.10. The van der Waals surface area contributed by atoms with E-state index < -0.39 is 0 Å². The minimum absolute atomic E-state index is 0.198. The van der Waals surface area contributed by atoms with Gasteiger partial charge in [0.15, 0.2) is 11.5 Å². The van der Waals surface area contributed by atoms with Crippen LogP contribution in [0.15, 0.2) is 42.6 Å². The van der Waals surface area contributed by atoms with E-state index in [-0.39, 0.29) is 6.04 Å². The number of methoxy groups -OCH3 is 1. The predicted octanol–water partition coefficient (Wildman–Crippen LogP) is 3.34. The number of rotatable bonds is 7. The molecule has 112 valence electrons. The second kappa shape index (κ2) is 7.64. The monoisotopic (exact) mass is 286 g/mol. The molecule has 0 saturated carbocycles. The first-order valence-electron chi connectivity index (χ1n) is 7.18. The Morgan fingerprint density at radius 1 is 1.19 bits per heavy atom. The van der Waals surface area contributed by atoms with E-state index in [9.17, 15) is 0 Å². The number of hydrogen-bond donors (Lipinski definition) is 1. The number of benzene rings is 1. The van der Waals surface area contributed by atoms with Gasteiger partial charge in [0.2, 0.25) is 0 Å². The lowest BCUT2D eigenvalue weighted by molar-refractivity contribution is 0.310. The predicted molar refractivity (Wildman–Crippen MR) is 83.7 cm³/mol. The molecule has 0 amide bonds. The van der Waals surface area contributed by atoms with Crippen molar-refractivity contribution in [2.24, 2.45) is 0 Å². The molecule has 1 aromatic heterocycles. The Balaban J connectivity index is 2.00. The molecule has 4 heteroatoms. The topological polar surface area (TPSA) is 43.4 Å². The van der Waals surface area contributed by atoms with Crippen molar-refractivity contribution < 1.29 is 9.47 Å². The molecular formula is C17H22N2O2. The second-order valence-electron chi connectivity index (χ2n) is 4.78. The molecule has 0 saturated heterocycles. The van der Waals surface area contributed by atoms with Crippen LogP contribution >= 0.6 is 0 Å². The van der Waals surface area contributed by atoms with Crippen molar-refractivity contribution in [2.45, 2.75) is 26.4 Å². The van der Waals surface area contributed by atoms with Gasteiger partial charge in [-0.3, -0.25) is 4.98 Å². The number of nitrogens with zero attached hydrogens (tertiary/aromatic N) is 1. The molecule has 1 atom stereocenters. The maximum atomic E-state index is 5.52. The average Bonchev–Trinajstić information content (AvgIpc) is 2.54. The Kier molecular flexibility index (Phi) is 5.58. The van der Waals surface area contributed by atoms with Crippen LogP contribution in [0.5, 0.6) is 11.5 Å². The van der Waals surface area contributed by atoms with Crippen molar-refractivity contribution in [3.8, 4) is 11.5 Å². The Morgan fingerprint density at radius 2 is 2.05 bits per heavy atom. The van der Waals surface area contributed by atoms with Gasteiger partial charge in [-0.15, -0.1) is 0 Å². The van der Waals surface area contributed by atoms with Gasteiger partial charge >= 0.3 is 0 Å².